The smallest absolute Gasteiger partial charge is 0.114 e. The highest BCUT2D eigenvalue weighted by Crippen LogP contribution is 2.26. The lowest BCUT2D eigenvalue weighted by atomic mass is 9.96. The van der Waals surface area contributed by atoms with Crippen LogP contribution in [-0.2, 0) is 18.9 Å². The molecule has 1 fully saturated rings. The van der Waals surface area contributed by atoms with Gasteiger partial charge in [0.15, 0.2) is 0 Å². The summed E-state index contributed by atoms with van der Waals surface area (Å²) in [5.74, 6) is 0. The molecular weight excluding hydrogens is 184 g/mol. The second-order valence-electron chi connectivity index (χ2n) is 3.65. The van der Waals surface area contributed by atoms with E-state index in [1.807, 2.05) is 13.8 Å². The molecule has 2 unspecified atom stereocenters. The first-order valence-corrected chi connectivity index (χ1v) is 4.89. The first-order chi connectivity index (χ1) is 6.65. The van der Waals surface area contributed by atoms with Crippen LogP contribution in [0.4, 0.5) is 0 Å². The molecule has 0 aromatic rings. The summed E-state index contributed by atoms with van der Waals surface area (Å²) in [5, 5.41) is 0. The molecule has 0 radical (unpaired) electrons. The average molecular weight is 204 g/mol. The van der Waals surface area contributed by atoms with Crippen molar-refractivity contribution in [2.45, 2.75) is 44.4 Å². The minimum atomic E-state index is -0.0684. The quantitative estimate of drug-likeness (QED) is 0.682. The third-order valence-electron chi connectivity index (χ3n) is 2.82. The summed E-state index contributed by atoms with van der Waals surface area (Å²) in [5.41, 5.74) is 0. The first kappa shape index (κ1) is 11.9. The molecule has 4 heteroatoms. The Bertz CT molecular complexity index is 158. The highest BCUT2D eigenvalue weighted by atomic mass is 16.6. The van der Waals surface area contributed by atoms with E-state index in [4.69, 9.17) is 18.9 Å². The van der Waals surface area contributed by atoms with Crippen molar-refractivity contribution in [2.24, 2.45) is 0 Å². The number of hydrogen-bond acceptors (Lipinski definition) is 4. The molecule has 0 aromatic heterocycles. The van der Waals surface area contributed by atoms with E-state index in [1.165, 1.54) is 0 Å². The van der Waals surface area contributed by atoms with Crippen LogP contribution in [0.2, 0.25) is 0 Å². The SMILES string of the molecule is COC1[C@@H](OC)C(C)O[C@@H](C)[C@@H]1OC. The third-order valence-corrected chi connectivity index (χ3v) is 2.82. The maximum atomic E-state index is 5.70. The van der Waals surface area contributed by atoms with Crippen LogP contribution in [0.1, 0.15) is 13.8 Å². The Hall–Kier alpha value is -0.160. The summed E-state index contributed by atoms with van der Waals surface area (Å²) in [4.78, 5) is 0. The summed E-state index contributed by atoms with van der Waals surface area (Å²) in [6.07, 6.45) is -0.135. The van der Waals surface area contributed by atoms with Gasteiger partial charge in [0.1, 0.15) is 18.3 Å². The second-order valence-corrected chi connectivity index (χ2v) is 3.65. The van der Waals surface area contributed by atoms with E-state index in [1.54, 1.807) is 21.3 Å². The number of rotatable bonds is 3. The fourth-order valence-electron chi connectivity index (χ4n) is 2.13. The lowest BCUT2D eigenvalue weighted by Crippen LogP contribution is -2.57. The van der Waals surface area contributed by atoms with Crippen LogP contribution in [-0.4, -0.2) is 51.8 Å². The van der Waals surface area contributed by atoms with Crippen molar-refractivity contribution < 1.29 is 18.9 Å². The van der Waals surface area contributed by atoms with E-state index in [-0.39, 0.29) is 30.5 Å². The van der Waals surface area contributed by atoms with Gasteiger partial charge in [0.2, 0.25) is 0 Å². The van der Waals surface area contributed by atoms with Crippen molar-refractivity contribution in [3.05, 3.63) is 0 Å². The molecule has 1 aliphatic heterocycles. The Morgan fingerprint density at radius 2 is 1.07 bits per heavy atom. The lowest BCUT2D eigenvalue weighted by molar-refractivity contribution is -0.233. The standard InChI is InChI=1S/C10H20O4/c1-6-8(11-3)10(13-5)9(12-4)7(2)14-6/h6-10H,1-5H3/t6-,7?,8-,9-,10?/m0/s1. The van der Waals surface area contributed by atoms with Gasteiger partial charge in [-0.15, -0.1) is 0 Å². The molecule has 0 saturated carbocycles. The van der Waals surface area contributed by atoms with E-state index in [2.05, 4.69) is 0 Å². The van der Waals surface area contributed by atoms with Gasteiger partial charge < -0.3 is 18.9 Å². The van der Waals surface area contributed by atoms with Gasteiger partial charge in [-0.3, -0.25) is 0 Å². The first-order valence-electron chi connectivity index (χ1n) is 4.89. The molecular formula is C10H20O4. The highest BCUT2D eigenvalue weighted by Gasteiger charge is 2.43. The summed E-state index contributed by atoms with van der Waals surface area (Å²) in [6.45, 7) is 3.98. The predicted molar refractivity (Wildman–Crippen MR) is 52.4 cm³/mol. The van der Waals surface area contributed by atoms with Crippen LogP contribution in [0.15, 0.2) is 0 Å². The topological polar surface area (TPSA) is 36.9 Å². The third kappa shape index (κ3) is 2.08. The van der Waals surface area contributed by atoms with E-state index < -0.39 is 0 Å². The van der Waals surface area contributed by atoms with Crippen molar-refractivity contribution in [1.29, 1.82) is 0 Å². The minimum absolute atomic E-state index is 0.0337. The van der Waals surface area contributed by atoms with Crippen LogP contribution < -0.4 is 0 Å². The molecule has 0 aliphatic carbocycles. The maximum absolute atomic E-state index is 5.70. The van der Waals surface area contributed by atoms with Crippen molar-refractivity contribution in [2.75, 3.05) is 21.3 Å². The Morgan fingerprint density at radius 3 is 1.36 bits per heavy atom. The van der Waals surface area contributed by atoms with Gasteiger partial charge in [0, 0.05) is 21.3 Å². The van der Waals surface area contributed by atoms with Crippen LogP contribution in [0, 0.1) is 0 Å². The van der Waals surface area contributed by atoms with Gasteiger partial charge in [0.05, 0.1) is 12.2 Å². The normalized spacial score (nSPS) is 43.9. The molecule has 5 atom stereocenters. The van der Waals surface area contributed by atoms with E-state index >= 15 is 0 Å². The van der Waals surface area contributed by atoms with Gasteiger partial charge in [-0.2, -0.15) is 0 Å². The zero-order chi connectivity index (χ0) is 10.7. The molecule has 1 rings (SSSR count). The van der Waals surface area contributed by atoms with Crippen LogP contribution in [0.5, 0.6) is 0 Å². The van der Waals surface area contributed by atoms with Gasteiger partial charge >= 0.3 is 0 Å². The Labute approximate surface area is 85.5 Å². The summed E-state index contributed by atoms with van der Waals surface area (Å²) in [7, 11) is 5.01. The van der Waals surface area contributed by atoms with Crippen LogP contribution in [0.25, 0.3) is 0 Å². The molecule has 0 aromatic carbocycles. The molecule has 0 spiro atoms. The Balaban J connectivity index is 2.76. The van der Waals surface area contributed by atoms with Crippen molar-refractivity contribution in [3.63, 3.8) is 0 Å². The van der Waals surface area contributed by atoms with Crippen molar-refractivity contribution >= 4 is 0 Å². The zero-order valence-electron chi connectivity index (χ0n) is 9.52. The summed E-state index contributed by atoms with van der Waals surface area (Å²) in [6, 6.07) is 0. The molecule has 4 nitrogen and oxygen atoms in total. The van der Waals surface area contributed by atoms with Crippen LogP contribution >= 0.6 is 0 Å². The van der Waals surface area contributed by atoms with Gasteiger partial charge in [-0.05, 0) is 13.8 Å². The summed E-state index contributed by atoms with van der Waals surface area (Å²) >= 11 is 0. The number of methoxy groups -OCH3 is 3. The lowest BCUT2D eigenvalue weighted by Gasteiger charge is -2.42. The zero-order valence-corrected chi connectivity index (χ0v) is 9.52. The number of hydrogen-bond donors (Lipinski definition) is 0. The second kappa shape index (κ2) is 5.07. The fourth-order valence-corrected chi connectivity index (χ4v) is 2.13. The van der Waals surface area contributed by atoms with E-state index in [0.717, 1.165) is 0 Å². The maximum Gasteiger partial charge on any atom is 0.114 e. The highest BCUT2D eigenvalue weighted by molar-refractivity contribution is 4.91. The monoisotopic (exact) mass is 204 g/mol. The number of ether oxygens (including phenoxy) is 4. The van der Waals surface area contributed by atoms with Crippen molar-refractivity contribution in [1.82, 2.24) is 0 Å². The Morgan fingerprint density at radius 1 is 0.714 bits per heavy atom. The Kier molecular flexibility index (Phi) is 4.31. The molecule has 1 saturated heterocycles. The van der Waals surface area contributed by atoms with Gasteiger partial charge in [-0.25, -0.2) is 0 Å². The molecule has 0 amide bonds. The molecule has 84 valence electrons. The average Bonchev–Trinajstić information content (AvgIpc) is 2.16. The van der Waals surface area contributed by atoms with E-state index in [9.17, 15) is 0 Å². The largest absolute Gasteiger partial charge is 0.376 e. The molecule has 0 bridgehead atoms. The molecule has 14 heavy (non-hydrogen) atoms. The summed E-state index contributed by atoms with van der Waals surface area (Å²) < 4.78 is 21.8. The molecule has 1 aliphatic rings. The van der Waals surface area contributed by atoms with Crippen molar-refractivity contribution in [3.8, 4) is 0 Å². The van der Waals surface area contributed by atoms with Gasteiger partial charge in [-0.1, -0.05) is 0 Å². The predicted octanol–water partition coefficient (Wildman–Crippen LogP) is 0.839. The minimum Gasteiger partial charge on any atom is -0.376 e. The molecule has 1 heterocycles. The van der Waals surface area contributed by atoms with Crippen LogP contribution in [0.3, 0.4) is 0 Å². The fraction of sp³-hybridized carbons (Fsp3) is 1.00. The molecule has 0 N–H and O–H groups in total. The van der Waals surface area contributed by atoms with E-state index in [0.29, 0.717) is 0 Å². The van der Waals surface area contributed by atoms with Gasteiger partial charge in [0.25, 0.3) is 0 Å².